The first kappa shape index (κ1) is 28.8. The van der Waals surface area contributed by atoms with Crippen LogP contribution < -0.4 is 4.74 Å². The molecule has 0 radical (unpaired) electrons. The molecular formula is C36H45NO2. The summed E-state index contributed by atoms with van der Waals surface area (Å²) in [4.78, 5) is 16.5. The van der Waals surface area contributed by atoms with Gasteiger partial charge in [-0.05, 0) is 90.0 Å². The van der Waals surface area contributed by atoms with Crippen LogP contribution in [0, 0.1) is 0 Å². The van der Waals surface area contributed by atoms with Gasteiger partial charge in [0.1, 0.15) is 5.75 Å². The Morgan fingerprint density at radius 3 is 1.97 bits per heavy atom. The van der Waals surface area contributed by atoms with Crippen molar-refractivity contribution in [3.8, 4) is 16.9 Å². The van der Waals surface area contributed by atoms with Crippen LogP contribution in [0.15, 0.2) is 65.7 Å². The average molecular weight is 524 g/mol. The number of rotatable bonds is 17. The first-order valence-corrected chi connectivity index (χ1v) is 15.2. The molecule has 3 aromatic carbocycles. The summed E-state index contributed by atoms with van der Waals surface area (Å²) in [7, 11) is 0. The molecule has 3 nitrogen and oxygen atoms in total. The van der Waals surface area contributed by atoms with E-state index in [1.807, 2.05) is 30.5 Å². The second kappa shape index (κ2) is 15.4. The molecule has 0 unspecified atom stereocenters. The van der Waals surface area contributed by atoms with E-state index in [2.05, 4.69) is 43.3 Å². The van der Waals surface area contributed by atoms with Crippen LogP contribution in [0.3, 0.4) is 0 Å². The summed E-state index contributed by atoms with van der Waals surface area (Å²) in [6.45, 7) is 4.69. The van der Waals surface area contributed by atoms with Gasteiger partial charge in [0.15, 0.2) is 5.78 Å². The van der Waals surface area contributed by atoms with E-state index in [1.165, 1.54) is 92.9 Å². The van der Waals surface area contributed by atoms with Crippen LogP contribution >= 0.6 is 0 Å². The molecule has 39 heavy (non-hydrogen) atoms. The minimum Gasteiger partial charge on any atom is -0.494 e. The smallest absolute Gasteiger partial charge is 0.159 e. The molecule has 0 atom stereocenters. The van der Waals surface area contributed by atoms with Crippen molar-refractivity contribution in [3.05, 3.63) is 82.9 Å². The zero-order chi connectivity index (χ0) is 27.3. The fourth-order valence-corrected chi connectivity index (χ4v) is 5.43. The maximum Gasteiger partial charge on any atom is 0.159 e. The van der Waals surface area contributed by atoms with Crippen LogP contribution in [0.2, 0.25) is 0 Å². The highest BCUT2D eigenvalue weighted by atomic mass is 16.5. The standard InChI is InChI=1S/C36H45NO2/c1-3-4-5-6-7-8-9-10-11-12-13-14-23-39-34-19-15-29(16-20-34)27-37-33-18-22-36-32(26-33)25-31-24-30(28(2)38)17-21-35(31)36/h15-22,24,26-27H,3-14,23,25H2,1-2H3. The number of fused-ring (bicyclic) bond motifs is 3. The third-order valence-electron chi connectivity index (χ3n) is 7.78. The van der Waals surface area contributed by atoms with Crippen LogP contribution in [0.4, 0.5) is 5.69 Å². The third kappa shape index (κ3) is 8.92. The molecule has 1 aliphatic carbocycles. The van der Waals surface area contributed by atoms with Gasteiger partial charge in [0.25, 0.3) is 0 Å². The number of unbranched alkanes of at least 4 members (excludes halogenated alkanes) is 11. The minimum atomic E-state index is 0.111. The third-order valence-corrected chi connectivity index (χ3v) is 7.78. The summed E-state index contributed by atoms with van der Waals surface area (Å²) < 4.78 is 5.95. The van der Waals surface area contributed by atoms with Crippen molar-refractivity contribution in [2.24, 2.45) is 4.99 Å². The molecule has 0 spiro atoms. The highest BCUT2D eigenvalue weighted by molar-refractivity contribution is 5.95. The van der Waals surface area contributed by atoms with Crippen molar-refractivity contribution >= 4 is 17.7 Å². The molecule has 1 aliphatic rings. The Labute approximate surface area is 235 Å². The summed E-state index contributed by atoms with van der Waals surface area (Å²) >= 11 is 0. The van der Waals surface area contributed by atoms with Gasteiger partial charge in [0, 0.05) is 11.8 Å². The molecule has 0 aromatic heterocycles. The maximum atomic E-state index is 11.7. The Kier molecular flexibility index (Phi) is 11.4. The zero-order valence-corrected chi connectivity index (χ0v) is 24.0. The topological polar surface area (TPSA) is 38.7 Å². The van der Waals surface area contributed by atoms with Crippen molar-refractivity contribution in [1.29, 1.82) is 0 Å². The lowest BCUT2D eigenvalue weighted by Gasteiger charge is -2.07. The monoisotopic (exact) mass is 523 g/mol. The van der Waals surface area contributed by atoms with Gasteiger partial charge in [-0.25, -0.2) is 0 Å². The van der Waals surface area contributed by atoms with Crippen LogP contribution in [0.1, 0.15) is 118 Å². The normalized spacial score (nSPS) is 12.1. The summed E-state index contributed by atoms with van der Waals surface area (Å²) in [6.07, 6.45) is 19.0. The lowest BCUT2D eigenvalue weighted by atomic mass is 10.0. The number of ether oxygens (including phenoxy) is 1. The van der Waals surface area contributed by atoms with E-state index in [-0.39, 0.29) is 5.78 Å². The van der Waals surface area contributed by atoms with E-state index in [0.717, 1.165) is 42.0 Å². The predicted molar refractivity (Wildman–Crippen MR) is 165 cm³/mol. The molecule has 3 heteroatoms. The van der Waals surface area contributed by atoms with Gasteiger partial charge in [-0.3, -0.25) is 9.79 Å². The molecule has 0 saturated carbocycles. The molecule has 4 rings (SSSR count). The van der Waals surface area contributed by atoms with Crippen molar-refractivity contribution in [2.45, 2.75) is 97.3 Å². The number of hydrogen-bond donors (Lipinski definition) is 0. The summed E-state index contributed by atoms with van der Waals surface area (Å²) in [5.41, 5.74) is 7.74. The van der Waals surface area contributed by atoms with Crippen molar-refractivity contribution in [3.63, 3.8) is 0 Å². The van der Waals surface area contributed by atoms with E-state index in [1.54, 1.807) is 6.92 Å². The van der Waals surface area contributed by atoms with E-state index < -0.39 is 0 Å². The fraction of sp³-hybridized carbons (Fsp3) is 0.444. The van der Waals surface area contributed by atoms with E-state index in [4.69, 9.17) is 9.73 Å². The molecule has 0 saturated heterocycles. The number of nitrogens with zero attached hydrogens (tertiary/aromatic N) is 1. The number of hydrogen-bond acceptors (Lipinski definition) is 3. The largest absolute Gasteiger partial charge is 0.494 e. The maximum absolute atomic E-state index is 11.7. The molecule has 0 fully saturated rings. The van der Waals surface area contributed by atoms with E-state index in [9.17, 15) is 4.79 Å². The Bertz CT molecular complexity index is 1230. The number of aliphatic imine (C=N–C) groups is 1. The quantitative estimate of drug-likeness (QED) is 0.0784. The highest BCUT2D eigenvalue weighted by Crippen LogP contribution is 2.38. The van der Waals surface area contributed by atoms with Crippen molar-refractivity contribution < 1.29 is 9.53 Å². The molecular weight excluding hydrogens is 478 g/mol. The first-order chi connectivity index (χ1) is 19.1. The summed E-state index contributed by atoms with van der Waals surface area (Å²) in [5, 5.41) is 0. The predicted octanol–water partition coefficient (Wildman–Crippen LogP) is 10.3. The summed E-state index contributed by atoms with van der Waals surface area (Å²) in [6, 6.07) is 20.6. The number of Topliss-reactive ketones (excluding diaryl/α,β-unsaturated/α-hetero) is 1. The molecule has 0 amide bonds. The van der Waals surface area contributed by atoms with Crippen LogP contribution in [-0.4, -0.2) is 18.6 Å². The Balaban J connectivity index is 1.13. The first-order valence-electron chi connectivity index (χ1n) is 15.2. The Morgan fingerprint density at radius 1 is 0.744 bits per heavy atom. The van der Waals surface area contributed by atoms with Gasteiger partial charge in [-0.15, -0.1) is 0 Å². The fourth-order valence-electron chi connectivity index (χ4n) is 5.43. The van der Waals surface area contributed by atoms with Crippen LogP contribution in [0.5, 0.6) is 5.75 Å². The average Bonchev–Trinajstić information content (AvgIpc) is 3.32. The van der Waals surface area contributed by atoms with E-state index >= 15 is 0 Å². The Morgan fingerprint density at radius 2 is 1.33 bits per heavy atom. The molecule has 3 aromatic rings. The second-order valence-electron chi connectivity index (χ2n) is 11.0. The van der Waals surface area contributed by atoms with Gasteiger partial charge in [-0.2, -0.15) is 0 Å². The van der Waals surface area contributed by atoms with Crippen molar-refractivity contribution in [1.82, 2.24) is 0 Å². The molecule has 0 aliphatic heterocycles. The second-order valence-corrected chi connectivity index (χ2v) is 11.0. The van der Waals surface area contributed by atoms with Crippen LogP contribution in [0.25, 0.3) is 11.1 Å². The van der Waals surface area contributed by atoms with Gasteiger partial charge in [-0.1, -0.05) is 95.8 Å². The van der Waals surface area contributed by atoms with Gasteiger partial charge in [0.2, 0.25) is 0 Å². The van der Waals surface area contributed by atoms with E-state index in [0.29, 0.717) is 0 Å². The zero-order valence-electron chi connectivity index (χ0n) is 24.0. The summed E-state index contributed by atoms with van der Waals surface area (Å²) in [5.74, 6) is 1.04. The lowest BCUT2D eigenvalue weighted by molar-refractivity contribution is 0.101. The minimum absolute atomic E-state index is 0.111. The molecule has 206 valence electrons. The van der Waals surface area contributed by atoms with Gasteiger partial charge < -0.3 is 4.74 Å². The highest BCUT2D eigenvalue weighted by Gasteiger charge is 2.19. The number of benzene rings is 3. The molecule has 0 heterocycles. The van der Waals surface area contributed by atoms with Crippen LogP contribution in [-0.2, 0) is 6.42 Å². The van der Waals surface area contributed by atoms with Crippen molar-refractivity contribution in [2.75, 3.05) is 6.61 Å². The number of ketones is 1. The SMILES string of the molecule is CCCCCCCCCCCCCCOc1ccc(C=Nc2ccc3c(c2)Cc2cc(C(C)=O)ccc2-3)cc1. The number of carbonyl (C=O) groups is 1. The Hall–Kier alpha value is -3.20. The number of carbonyl (C=O) groups excluding carboxylic acids is 1. The molecule has 0 bridgehead atoms. The lowest BCUT2D eigenvalue weighted by Crippen LogP contribution is -1.97. The molecule has 0 N–H and O–H groups in total. The van der Waals surface area contributed by atoms with Gasteiger partial charge in [0.05, 0.1) is 12.3 Å². The van der Waals surface area contributed by atoms with Gasteiger partial charge >= 0.3 is 0 Å².